The average molecular weight is 415 g/mol. The zero-order valence-corrected chi connectivity index (χ0v) is 17.5. The van der Waals surface area contributed by atoms with Gasteiger partial charge in [-0.1, -0.05) is 48.3 Å². The highest BCUT2D eigenvalue weighted by Crippen LogP contribution is 2.39. The molecule has 0 radical (unpaired) electrons. The van der Waals surface area contributed by atoms with Crippen molar-refractivity contribution in [3.8, 4) is 5.75 Å². The Morgan fingerprint density at radius 2 is 2.07 bits per heavy atom. The largest absolute Gasteiger partial charge is 0.492 e. The van der Waals surface area contributed by atoms with Crippen molar-refractivity contribution >= 4 is 29.4 Å². The Morgan fingerprint density at radius 3 is 2.82 bits per heavy atom. The molecule has 146 valence electrons. The van der Waals surface area contributed by atoms with Gasteiger partial charge in [0.15, 0.2) is 0 Å². The van der Waals surface area contributed by atoms with Crippen LogP contribution in [0.4, 0.5) is 0 Å². The van der Waals surface area contributed by atoms with E-state index in [-0.39, 0.29) is 0 Å². The summed E-state index contributed by atoms with van der Waals surface area (Å²) in [7, 11) is 0. The van der Waals surface area contributed by atoms with Gasteiger partial charge in [-0.05, 0) is 36.8 Å². The van der Waals surface area contributed by atoms with Crippen LogP contribution < -0.4 is 4.74 Å². The maximum atomic E-state index is 6.24. The van der Waals surface area contributed by atoms with Gasteiger partial charge in [-0.3, -0.25) is 9.89 Å². The maximum absolute atomic E-state index is 6.24. The highest BCUT2D eigenvalue weighted by atomic mass is 35.5. The fraction of sp³-hybridized carbons (Fsp3) is 0.348. The normalized spacial score (nSPS) is 22.6. The van der Waals surface area contributed by atoms with Crippen LogP contribution in [0.25, 0.3) is 0 Å². The SMILES string of the molecule is CC[C@H]1c2cc(Cl)ccc2OC[C@@H]1N1CC=C(N=Cc2ccccc2Cl)CC1. The number of hydrogen-bond acceptors (Lipinski definition) is 3. The Bertz CT molecular complexity index is 909. The molecule has 0 aliphatic carbocycles. The van der Waals surface area contributed by atoms with Crippen molar-refractivity contribution in [3.63, 3.8) is 0 Å². The molecule has 0 saturated carbocycles. The molecule has 0 fully saturated rings. The predicted molar refractivity (Wildman–Crippen MR) is 117 cm³/mol. The van der Waals surface area contributed by atoms with Crippen molar-refractivity contribution in [3.05, 3.63) is 75.4 Å². The molecule has 0 amide bonds. The van der Waals surface area contributed by atoms with Crippen LogP contribution in [0.5, 0.6) is 5.75 Å². The van der Waals surface area contributed by atoms with Crippen molar-refractivity contribution in [2.75, 3.05) is 19.7 Å². The van der Waals surface area contributed by atoms with Crippen LogP contribution in [-0.2, 0) is 0 Å². The first-order chi connectivity index (χ1) is 13.7. The molecule has 0 spiro atoms. The van der Waals surface area contributed by atoms with E-state index in [0.29, 0.717) is 12.0 Å². The molecule has 3 nitrogen and oxygen atoms in total. The third-order valence-electron chi connectivity index (χ3n) is 5.65. The molecule has 4 rings (SSSR count). The molecule has 0 N–H and O–H groups in total. The number of hydrogen-bond donors (Lipinski definition) is 0. The van der Waals surface area contributed by atoms with Gasteiger partial charge in [0, 0.05) is 58.5 Å². The van der Waals surface area contributed by atoms with Crippen LogP contribution in [0.15, 0.2) is 59.2 Å². The highest BCUT2D eigenvalue weighted by Gasteiger charge is 2.34. The molecule has 0 aromatic heterocycles. The molecule has 2 aromatic carbocycles. The van der Waals surface area contributed by atoms with Crippen molar-refractivity contribution in [1.82, 2.24) is 4.90 Å². The van der Waals surface area contributed by atoms with Crippen LogP contribution in [0, 0.1) is 0 Å². The minimum atomic E-state index is 0.362. The number of fused-ring (bicyclic) bond motifs is 1. The summed E-state index contributed by atoms with van der Waals surface area (Å²) in [6.45, 7) is 4.83. The fourth-order valence-corrected chi connectivity index (χ4v) is 4.48. The van der Waals surface area contributed by atoms with Gasteiger partial charge in [-0.25, -0.2) is 0 Å². The number of rotatable bonds is 4. The van der Waals surface area contributed by atoms with E-state index < -0.39 is 0 Å². The maximum Gasteiger partial charge on any atom is 0.123 e. The summed E-state index contributed by atoms with van der Waals surface area (Å²) in [6.07, 6.45) is 6.08. The molecule has 2 aromatic rings. The predicted octanol–water partition coefficient (Wildman–Crippen LogP) is 5.96. The lowest BCUT2D eigenvalue weighted by Crippen LogP contribution is -2.47. The van der Waals surface area contributed by atoms with Crippen molar-refractivity contribution in [1.29, 1.82) is 0 Å². The van der Waals surface area contributed by atoms with E-state index in [9.17, 15) is 0 Å². The molecule has 0 unspecified atom stereocenters. The van der Waals surface area contributed by atoms with Gasteiger partial charge in [-0.2, -0.15) is 0 Å². The minimum Gasteiger partial charge on any atom is -0.492 e. The van der Waals surface area contributed by atoms with Gasteiger partial charge in [0.1, 0.15) is 12.4 Å². The van der Waals surface area contributed by atoms with Gasteiger partial charge in [-0.15, -0.1) is 0 Å². The number of aliphatic imine (C=N–C) groups is 1. The zero-order valence-electron chi connectivity index (χ0n) is 15.9. The van der Waals surface area contributed by atoms with E-state index in [1.165, 1.54) is 5.56 Å². The topological polar surface area (TPSA) is 24.8 Å². The van der Waals surface area contributed by atoms with Gasteiger partial charge >= 0.3 is 0 Å². The summed E-state index contributed by atoms with van der Waals surface area (Å²) in [6, 6.07) is 14.1. The zero-order chi connectivity index (χ0) is 19.5. The second kappa shape index (κ2) is 8.69. The number of halogens is 2. The van der Waals surface area contributed by atoms with Gasteiger partial charge in [0.05, 0.1) is 6.04 Å². The third kappa shape index (κ3) is 4.12. The van der Waals surface area contributed by atoms with Crippen LogP contribution in [-0.4, -0.2) is 36.9 Å². The third-order valence-corrected chi connectivity index (χ3v) is 6.22. The van der Waals surface area contributed by atoms with Crippen LogP contribution in [0.3, 0.4) is 0 Å². The standard InChI is InChI=1S/C23H24Cl2N2O/c1-2-19-20-13-17(24)7-8-23(20)28-15-22(19)27-11-9-18(10-12-27)26-14-16-5-3-4-6-21(16)25/h3-9,13-14,19,22H,2,10-12,15H2,1H3/t19-,22-/m0/s1. The van der Waals surface area contributed by atoms with Crippen molar-refractivity contribution < 1.29 is 4.74 Å². The minimum absolute atomic E-state index is 0.362. The lowest BCUT2D eigenvalue weighted by Gasteiger charge is -2.41. The molecule has 5 heteroatoms. The molecular weight excluding hydrogens is 391 g/mol. The molecule has 0 bridgehead atoms. The first-order valence-electron chi connectivity index (χ1n) is 9.79. The summed E-state index contributed by atoms with van der Waals surface area (Å²) in [5.41, 5.74) is 3.30. The molecule has 2 aliphatic heterocycles. The Morgan fingerprint density at radius 1 is 1.21 bits per heavy atom. The first-order valence-corrected chi connectivity index (χ1v) is 10.5. The average Bonchev–Trinajstić information content (AvgIpc) is 2.72. The molecule has 2 atom stereocenters. The second-order valence-electron chi connectivity index (χ2n) is 7.30. The highest BCUT2D eigenvalue weighted by molar-refractivity contribution is 6.33. The monoisotopic (exact) mass is 414 g/mol. The van der Waals surface area contributed by atoms with E-state index in [1.807, 2.05) is 42.6 Å². The molecule has 2 heterocycles. The fourth-order valence-electron chi connectivity index (χ4n) is 4.12. The Labute approximate surface area is 176 Å². The summed E-state index contributed by atoms with van der Waals surface area (Å²) in [5, 5.41) is 1.50. The van der Waals surface area contributed by atoms with E-state index >= 15 is 0 Å². The summed E-state index contributed by atoms with van der Waals surface area (Å²) >= 11 is 12.5. The summed E-state index contributed by atoms with van der Waals surface area (Å²) in [4.78, 5) is 7.16. The van der Waals surface area contributed by atoms with Crippen molar-refractivity contribution in [2.45, 2.75) is 31.7 Å². The Kier molecular flexibility index (Phi) is 6.05. The van der Waals surface area contributed by atoms with Crippen LogP contribution in [0.2, 0.25) is 10.0 Å². The summed E-state index contributed by atoms with van der Waals surface area (Å²) in [5.74, 6) is 1.41. The Hall–Kier alpha value is -1.81. The van der Waals surface area contributed by atoms with Gasteiger partial charge < -0.3 is 4.74 Å². The lowest BCUT2D eigenvalue weighted by molar-refractivity contribution is 0.101. The smallest absolute Gasteiger partial charge is 0.123 e. The number of nitrogens with zero attached hydrogens (tertiary/aromatic N) is 2. The van der Waals surface area contributed by atoms with Crippen LogP contribution >= 0.6 is 23.2 Å². The number of ether oxygens (including phenoxy) is 1. The van der Waals surface area contributed by atoms with Gasteiger partial charge in [0.2, 0.25) is 0 Å². The molecular formula is C23H24Cl2N2O. The number of benzene rings is 2. The molecule has 2 aliphatic rings. The van der Waals surface area contributed by atoms with E-state index in [2.05, 4.69) is 29.0 Å². The lowest BCUT2D eigenvalue weighted by atomic mass is 9.85. The molecule has 0 saturated heterocycles. The van der Waals surface area contributed by atoms with E-state index in [0.717, 1.165) is 59.6 Å². The summed E-state index contributed by atoms with van der Waals surface area (Å²) < 4.78 is 6.06. The van der Waals surface area contributed by atoms with Crippen LogP contribution in [0.1, 0.15) is 36.8 Å². The molecule has 28 heavy (non-hydrogen) atoms. The van der Waals surface area contributed by atoms with Gasteiger partial charge in [0.25, 0.3) is 0 Å². The van der Waals surface area contributed by atoms with E-state index in [1.54, 1.807) is 0 Å². The Balaban J connectivity index is 1.46. The van der Waals surface area contributed by atoms with Crippen molar-refractivity contribution in [2.24, 2.45) is 4.99 Å². The second-order valence-corrected chi connectivity index (χ2v) is 8.14. The van der Waals surface area contributed by atoms with E-state index in [4.69, 9.17) is 27.9 Å². The quantitative estimate of drug-likeness (QED) is 0.576. The first kappa shape index (κ1) is 19.5.